The highest BCUT2D eigenvalue weighted by atomic mass is 16.4. The van der Waals surface area contributed by atoms with E-state index in [4.69, 9.17) is 5.11 Å². The normalized spacial score (nSPS) is 13.1. The third-order valence-electron chi connectivity index (χ3n) is 8.40. The highest BCUT2D eigenvalue weighted by Crippen LogP contribution is 2.13. The topological polar surface area (TPSA) is 303 Å². The lowest BCUT2D eigenvalue weighted by Gasteiger charge is -2.18. The molecule has 0 aliphatic carbocycles. The molecule has 4 atom stereocenters. The molecule has 0 fully saturated rings. The van der Waals surface area contributed by atoms with Crippen LogP contribution in [0.15, 0.2) is 0 Å². The van der Waals surface area contributed by atoms with Crippen molar-refractivity contribution in [3.05, 3.63) is 0 Å². The highest BCUT2D eigenvalue weighted by molar-refractivity contribution is 5.88. The van der Waals surface area contributed by atoms with Crippen LogP contribution in [0, 0.1) is 0 Å². The van der Waals surface area contributed by atoms with E-state index in [-0.39, 0.29) is 32.1 Å². The molecule has 302 valence electrons. The summed E-state index contributed by atoms with van der Waals surface area (Å²) in [4.78, 5) is 106. The number of aliphatic carboxylic acids is 5. The molecular weight excluding hydrogens is 700 g/mol. The maximum atomic E-state index is 12.5. The molecule has 0 radical (unpaired) electrons. The molecule has 0 aromatic heterocycles. The van der Waals surface area contributed by atoms with Gasteiger partial charge in [-0.05, 0) is 38.5 Å². The first-order chi connectivity index (χ1) is 25.1. The summed E-state index contributed by atoms with van der Waals surface area (Å²) >= 11 is 0. The van der Waals surface area contributed by atoms with E-state index in [0.29, 0.717) is 25.7 Å². The second-order valence-corrected chi connectivity index (χ2v) is 13.0. The molecule has 0 aromatic rings. The van der Waals surface area contributed by atoms with Crippen molar-refractivity contribution in [1.29, 1.82) is 0 Å². The number of hydrogen-bond donors (Lipinski definition) is 9. The molecule has 0 spiro atoms. The molecule has 0 aromatic carbocycles. The molecule has 0 bridgehead atoms. The summed E-state index contributed by atoms with van der Waals surface area (Å²) in [5, 5.41) is 55.4. The van der Waals surface area contributed by atoms with Gasteiger partial charge in [0.1, 0.15) is 24.2 Å². The average molecular weight is 759 g/mol. The third kappa shape index (κ3) is 25.8. The number of nitrogens with one attached hydrogen (secondary N) is 4. The fraction of sp³-hybridized carbons (Fsp3) is 0.743. The molecule has 0 aliphatic rings. The molecule has 18 nitrogen and oxygen atoms in total. The van der Waals surface area contributed by atoms with Gasteiger partial charge < -0.3 is 46.8 Å². The molecule has 53 heavy (non-hydrogen) atoms. The minimum atomic E-state index is -1.57. The summed E-state index contributed by atoms with van der Waals surface area (Å²) in [6.07, 6.45) is 8.21. The molecule has 18 heteroatoms. The molecule has 9 N–H and O–H groups in total. The van der Waals surface area contributed by atoms with Crippen molar-refractivity contribution in [3.8, 4) is 0 Å². The van der Waals surface area contributed by atoms with Crippen LogP contribution in [0.25, 0.3) is 0 Å². The quantitative estimate of drug-likeness (QED) is 0.0435. The van der Waals surface area contributed by atoms with Gasteiger partial charge in [0.05, 0.1) is 0 Å². The average Bonchev–Trinajstić information content (AvgIpc) is 3.08. The van der Waals surface area contributed by atoms with Crippen LogP contribution in [0.1, 0.15) is 142 Å². The van der Waals surface area contributed by atoms with Gasteiger partial charge in [0.2, 0.25) is 23.6 Å². The van der Waals surface area contributed by atoms with Gasteiger partial charge in [0, 0.05) is 32.1 Å². The van der Waals surface area contributed by atoms with Crippen LogP contribution in [-0.2, 0) is 43.2 Å². The predicted octanol–water partition coefficient (Wildman–Crippen LogP) is 2.56. The Morgan fingerprint density at radius 1 is 0.358 bits per heavy atom. The van der Waals surface area contributed by atoms with Crippen molar-refractivity contribution in [3.63, 3.8) is 0 Å². The molecule has 0 aliphatic heterocycles. The van der Waals surface area contributed by atoms with Crippen LogP contribution in [0.2, 0.25) is 0 Å². The van der Waals surface area contributed by atoms with Gasteiger partial charge in [0.15, 0.2) is 0 Å². The Kier molecular flexibility index (Phi) is 26.2. The first-order valence-corrected chi connectivity index (χ1v) is 18.4. The minimum Gasteiger partial charge on any atom is -0.481 e. The van der Waals surface area contributed by atoms with Gasteiger partial charge >= 0.3 is 29.8 Å². The van der Waals surface area contributed by atoms with E-state index in [1.165, 1.54) is 0 Å². The lowest BCUT2D eigenvalue weighted by molar-refractivity contribution is -0.144. The fourth-order valence-electron chi connectivity index (χ4n) is 5.31. The summed E-state index contributed by atoms with van der Waals surface area (Å²) in [7, 11) is 0. The van der Waals surface area contributed by atoms with Gasteiger partial charge in [-0.25, -0.2) is 19.2 Å². The Morgan fingerprint density at radius 2 is 0.623 bits per heavy atom. The Bertz CT molecular complexity index is 1210. The van der Waals surface area contributed by atoms with Crippen LogP contribution in [0.3, 0.4) is 0 Å². The summed E-state index contributed by atoms with van der Waals surface area (Å²) in [5.74, 6) is -9.28. The first-order valence-electron chi connectivity index (χ1n) is 18.4. The van der Waals surface area contributed by atoms with E-state index < -0.39 is 103 Å². The van der Waals surface area contributed by atoms with Gasteiger partial charge in [-0.2, -0.15) is 0 Å². The Hall–Kier alpha value is -4.77. The second kappa shape index (κ2) is 28.8. The van der Waals surface area contributed by atoms with E-state index in [1.54, 1.807) is 0 Å². The number of hydrogen-bond acceptors (Lipinski definition) is 9. The van der Waals surface area contributed by atoms with Crippen LogP contribution in [-0.4, -0.2) is 103 Å². The Balaban J connectivity index is 4.58. The summed E-state index contributed by atoms with van der Waals surface area (Å²) < 4.78 is 0. The zero-order valence-corrected chi connectivity index (χ0v) is 30.6. The van der Waals surface area contributed by atoms with E-state index in [9.17, 15) is 63.6 Å². The Labute approximate surface area is 309 Å². The highest BCUT2D eigenvalue weighted by Gasteiger charge is 2.27. The van der Waals surface area contributed by atoms with Gasteiger partial charge in [-0.3, -0.25) is 24.0 Å². The molecular formula is C35H58N4O14. The van der Waals surface area contributed by atoms with E-state index in [2.05, 4.69) is 21.3 Å². The number of carboxylic acid groups (broad SMARTS) is 5. The summed E-state index contributed by atoms with van der Waals surface area (Å²) in [6.45, 7) is 1.85. The monoisotopic (exact) mass is 758 g/mol. The first kappa shape index (κ1) is 48.2. The SMILES string of the molecule is CCCC[C@H](NC(=O)CC[C@H](NC(=O)CC[C@H](NC(=O)CC[C@H](NC(=O)CCCCCCCCCCCCC(=O)O)C(=O)O)C(=O)O)C(=O)O)C(=O)O. The lowest BCUT2D eigenvalue weighted by Crippen LogP contribution is -2.45. The van der Waals surface area contributed by atoms with E-state index >= 15 is 0 Å². The van der Waals surface area contributed by atoms with Crippen LogP contribution < -0.4 is 21.3 Å². The second-order valence-electron chi connectivity index (χ2n) is 13.0. The fourth-order valence-corrected chi connectivity index (χ4v) is 5.31. The number of carboxylic acids is 5. The van der Waals surface area contributed by atoms with E-state index in [1.807, 2.05) is 6.92 Å². The van der Waals surface area contributed by atoms with Crippen molar-refractivity contribution in [1.82, 2.24) is 21.3 Å². The van der Waals surface area contributed by atoms with Gasteiger partial charge in [-0.15, -0.1) is 0 Å². The third-order valence-corrected chi connectivity index (χ3v) is 8.40. The van der Waals surface area contributed by atoms with Crippen molar-refractivity contribution in [2.24, 2.45) is 0 Å². The summed E-state index contributed by atoms with van der Waals surface area (Å²) in [5.41, 5.74) is 0. The zero-order chi connectivity index (χ0) is 40.2. The summed E-state index contributed by atoms with van der Waals surface area (Å²) in [6, 6.07) is -5.63. The number of unbranched alkanes of at least 4 members (excludes halogenated alkanes) is 10. The lowest BCUT2D eigenvalue weighted by atomic mass is 10.0. The Morgan fingerprint density at radius 3 is 0.906 bits per heavy atom. The molecule has 0 rings (SSSR count). The molecule has 0 unspecified atom stereocenters. The molecule has 0 saturated heterocycles. The molecule has 4 amide bonds. The standard InChI is InChI=1S/C35H58N4O14/c1-2-3-14-23(32(46)47)36-28(41)20-18-25(34(50)51)38-30(43)22-19-26(35(52)53)39-29(42)21-17-24(33(48)49)37-27(40)15-12-10-8-6-4-5-7-9-11-13-16-31(44)45/h23-26H,2-22H2,1H3,(H,36,41)(H,37,40)(H,38,43)(H,39,42)(H,44,45)(H,46,47)(H,48,49)(H,50,51)(H,52,53)/t23-,24-,25-,26-/m0/s1. The predicted molar refractivity (Wildman–Crippen MR) is 189 cm³/mol. The van der Waals surface area contributed by atoms with Crippen LogP contribution in [0.4, 0.5) is 0 Å². The van der Waals surface area contributed by atoms with Crippen LogP contribution >= 0.6 is 0 Å². The zero-order valence-electron chi connectivity index (χ0n) is 30.6. The van der Waals surface area contributed by atoms with Crippen molar-refractivity contribution < 1.29 is 68.7 Å². The number of carbonyl (C=O) groups is 9. The van der Waals surface area contributed by atoms with Crippen molar-refractivity contribution >= 4 is 53.5 Å². The van der Waals surface area contributed by atoms with Crippen molar-refractivity contribution in [2.75, 3.05) is 0 Å². The number of amides is 4. The molecule has 0 heterocycles. The van der Waals surface area contributed by atoms with Gasteiger partial charge in [-0.1, -0.05) is 71.1 Å². The minimum absolute atomic E-state index is 0.100. The maximum Gasteiger partial charge on any atom is 0.326 e. The van der Waals surface area contributed by atoms with Crippen LogP contribution in [0.5, 0.6) is 0 Å². The van der Waals surface area contributed by atoms with Crippen molar-refractivity contribution in [2.45, 2.75) is 166 Å². The smallest absolute Gasteiger partial charge is 0.326 e. The maximum absolute atomic E-state index is 12.5. The number of rotatable bonds is 33. The largest absolute Gasteiger partial charge is 0.481 e. The van der Waals surface area contributed by atoms with E-state index in [0.717, 1.165) is 51.4 Å². The van der Waals surface area contributed by atoms with Gasteiger partial charge in [0.25, 0.3) is 0 Å². The number of carbonyl (C=O) groups excluding carboxylic acids is 4. The molecule has 0 saturated carbocycles.